The number of para-hydroxylation sites is 2. The quantitative estimate of drug-likeness (QED) is 0.0229. The molecule has 0 aliphatic rings. The number of nitrogens with zero attached hydrogens (tertiary/aromatic N) is 11. The number of ketones is 1. The molecule has 7 aromatic rings. The minimum atomic E-state index is -1.03. The average Bonchev–Trinajstić information content (AvgIpc) is 1.63. The molecule has 26 heteroatoms. The number of alkyl halides is 1. The molecule has 2 amide bonds. The van der Waals surface area contributed by atoms with Gasteiger partial charge in [-0.2, -0.15) is 0 Å². The van der Waals surface area contributed by atoms with Gasteiger partial charge in [-0.3, -0.25) is 23.8 Å². The van der Waals surface area contributed by atoms with Crippen LogP contribution in [0.25, 0.3) is 43.9 Å². The first-order valence-corrected chi connectivity index (χ1v) is 32.8. The van der Waals surface area contributed by atoms with Gasteiger partial charge < -0.3 is 64.8 Å². The number of nitrogens with one attached hydrogen (secondary N) is 2. The number of aromatic nitrogens is 7. The Labute approximate surface area is 587 Å². The highest BCUT2D eigenvalue weighted by Gasteiger charge is 2.31. The number of ether oxygens (including phenoxy) is 3. The molecule has 546 valence electrons. The summed E-state index contributed by atoms with van der Waals surface area (Å²) in [5.41, 5.74) is 8.87. The minimum absolute atomic E-state index is 0. The number of aliphatic carboxylic acids is 1. The van der Waals surface area contributed by atoms with Crippen LogP contribution in [0.15, 0.2) is 83.0 Å². The fraction of sp³-hybridized carbons (Fsp3) is 0.583. The number of rotatable bonds is 25. The lowest BCUT2D eigenvalue weighted by Gasteiger charge is -2.25. The summed E-state index contributed by atoms with van der Waals surface area (Å²) in [4.78, 5) is 82.8. The highest BCUT2D eigenvalue weighted by Crippen LogP contribution is 2.33. The number of hydrogen-bond acceptors (Lipinski definition) is 19. The highest BCUT2D eigenvalue weighted by molar-refractivity contribution is 6.10. The molecule has 7 N–H and O–H groups in total. The van der Waals surface area contributed by atoms with E-state index < -0.39 is 53.9 Å². The van der Waals surface area contributed by atoms with Crippen LogP contribution in [0.4, 0.5) is 26.5 Å². The molecule has 0 unspecified atom stereocenters. The van der Waals surface area contributed by atoms with E-state index in [4.69, 9.17) is 36.4 Å². The van der Waals surface area contributed by atoms with Crippen molar-refractivity contribution in [2.75, 3.05) is 84.1 Å². The van der Waals surface area contributed by atoms with Gasteiger partial charge in [-0.05, 0) is 138 Å². The van der Waals surface area contributed by atoms with Crippen molar-refractivity contribution in [1.82, 2.24) is 44.3 Å². The number of nitrogens with two attached hydrogens (primary N) is 1. The number of Topliss-reactive ketones (excluding diaryl/α,β-unsaturated/α-hetero) is 1. The van der Waals surface area contributed by atoms with E-state index >= 15 is 0 Å². The maximum Gasteiger partial charge on any atom is 0.408 e. The van der Waals surface area contributed by atoms with E-state index in [0.29, 0.717) is 61.0 Å². The summed E-state index contributed by atoms with van der Waals surface area (Å²) in [6.07, 6.45) is 4.59. The number of carboxylic acids is 1. The Balaban J connectivity index is 0.000000673. The molecule has 98 heavy (non-hydrogen) atoms. The number of aliphatic hydroxyl groups is 2. The number of carbonyl (C=O) groups is 4. The molecular weight excluding hydrogens is 1280 g/mol. The van der Waals surface area contributed by atoms with Crippen LogP contribution < -0.4 is 21.3 Å². The van der Waals surface area contributed by atoms with E-state index in [0.717, 1.165) is 59.2 Å². The van der Waals surface area contributed by atoms with Crippen LogP contribution in [0.2, 0.25) is 0 Å². The number of amides is 2. The van der Waals surface area contributed by atoms with E-state index in [1.807, 2.05) is 158 Å². The first-order valence-electron chi connectivity index (χ1n) is 33.5. The van der Waals surface area contributed by atoms with Gasteiger partial charge >= 0.3 is 12.1 Å². The van der Waals surface area contributed by atoms with Crippen molar-refractivity contribution in [3.63, 3.8) is 0 Å². The summed E-state index contributed by atoms with van der Waals surface area (Å²) < 4.78 is 35.9. The van der Waals surface area contributed by atoms with E-state index in [2.05, 4.69) is 60.6 Å². The van der Waals surface area contributed by atoms with E-state index in [9.17, 15) is 33.8 Å². The normalized spacial score (nSPS) is 12.1. The SMILES string of the molecule is CC(C)[C@H](CC(=O)CC(C)(C)C)C(=O)O.CCN=C=NCCCN(C)C.CCOCc1nc2c(N)nc3ccccc3c2n1CC(C)(C)O.CCOCc1nc2c(NC(=O)[C@@H](NC(=O)OC(C)(C)C)C(C)C)nc3ccccc3c2n1CC(C)(C)O.CN(C)c1ccncc1.Cl.[2H]CF. The van der Waals surface area contributed by atoms with Crippen molar-refractivity contribution in [3.8, 4) is 0 Å². The minimum Gasteiger partial charge on any atom is -0.481 e. The number of carbonyl (C=O) groups excluding carboxylic acids is 3. The zero-order valence-electron chi connectivity index (χ0n) is 62.9. The summed E-state index contributed by atoms with van der Waals surface area (Å²) in [6, 6.07) is 21.1. The van der Waals surface area contributed by atoms with Crippen molar-refractivity contribution < 1.29 is 54.5 Å². The monoisotopic (exact) mass is 1390 g/mol. The molecule has 2 atom stereocenters. The highest BCUT2D eigenvalue weighted by atomic mass is 35.5. The molecule has 0 saturated carbocycles. The summed E-state index contributed by atoms with van der Waals surface area (Å²) >= 11 is 0. The number of alkyl carbamates (subject to hydrolysis) is 1. The van der Waals surface area contributed by atoms with Gasteiger partial charge in [0.2, 0.25) is 5.91 Å². The first-order chi connectivity index (χ1) is 45.7. The number of aliphatic imine (C=N–C) groups is 2. The third kappa shape index (κ3) is 31.4. The van der Waals surface area contributed by atoms with Crippen LogP contribution in [0, 0.1) is 23.2 Å². The lowest BCUT2D eigenvalue weighted by molar-refractivity contribution is -0.145. The van der Waals surface area contributed by atoms with Gasteiger partial charge in [0.15, 0.2) is 11.6 Å². The summed E-state index contributed by atoms with van der Waals surface area (Å²) in [5.74, 6) is 0.00228. The number of pyridine rings is 3. The molecule has 0 aliphatic carbocycles. The number of hydrogen-bond donors (Lipinski definition) is 6. The number of imidazole rings is 2. The fourth-order valence-corrected chi connectivity index (χ4v) is 9.56. The average molecular weight is 1390 g/mol. The molecule has 0 radical (unpaired) electrons. The fourth-order valence-electron chi connectivity index (χ4n) is 9.56. The van der Waals surface area contributed by atoms with Crippen molar-refractivity contribution in [2.24, 2.45) is 33.2 Å². The van der Waals surface area contributed by atoms with E-state index in [-0.39, 0.29) is 60.8 Å². The van der Waals surface area contributed by atoms with Gasteiger partial charge in [-0.15, -0.1) is 12.4 Å². The van der Waals surface area contributed by atoms with E-state index in [1.54, 1.807) is 60.9 Å². The van der Waals surface area contributed by atoms with Crippen molar-refractivity contribution in [2.45, 2.75) is 186 Å². The van der Waals surface area contributed by atoms with Crippen molar-refractivity contribution >= 4 is 103 Å². The van der Waals surface area contributed by atoms with Crippen molar-refractivity contribution in [1.29, 1.82) is 0 Å². The molecule has 0 bridgehead atoms. The zero-order chi connectivity index (χ0) is 74.3. The Morgan fingerprint density at radius 1 is 0.735 bits per heavy atom. The molecule has 0 spiro atoms. The second-order valence-electron chi connectivity index (χ2n) is 27.8. The standard InChI is InChI=1S/C27H39N5O5.C17H22N4O2.C12H22O3.C8H17N3.C7H10N2.CH3F.ClH/c1-9-36-14-19-29-21-22(32(19)15-27(7,8)35)17-12-10-11-13-18(17)28-23(21)31-24(33)20(16(2)3)30-25(34)37-26(4,5)6;1-4-23-9-13-20-14-15(21(13)10-17(2,3)22)11-7-5-6-8-12(11)19-16(14)18;1-8(2)10(11(14)15)6-9(13)7-12(3,4)5;1-4-9-8-10-6-5-7-11(2)3;1-9(2)7-3-5-8-6-4-7;1-2;/h10-13,16,20,35H,9,14-15H2,1-8H3,(H,30,34)(H,28,31,33);5-8,22H,4,9-10H2,1-3H3,(H2,18,19);8,10H,6-7H2,1-5H3,(H,14,15);4-7H2,1-3H3;3-6H,1-2H3;1H3;1H/t20-;;10-;;;;/m0.0..../s1/i;;;;;1D;. The summed E-state index contributed by atoms with van der Waals surface area (Å²) in [6.45, 7) is 36.4. The van der Waals surface area contributed by atoms with Crippen molar-refractivity contribution in [3.05, 3.63) is 84.7 Å². The molecule has 5 aromatic heterocycles. The molecular formula is C72H114ClFN14O10. The smallest absolute Gasteiger partial charge is 0.408 e. The second-order valence-corrected chi connectivity index (χ2v) is 27.8. The van der Waals surface area contributed by atoms with Crippen LogP contribution in [-0.4, -0.2) is 175 Å². The second kappa shape index (κ2) is 42.2. The Kier molecular flexibility index (Phi) is 37.2. The third-order valence-corrected chi connectivity index (χ3v) is 13.8. The van der Waals surface area contributed by atoms with Crippen LogP contribution in [-0.2, 0) is 54.9 Å². The lowest BCUT2D eigenvalue weighted by atomic mass is 9.84. The largest absolute Gasteiger partial charge is 0.481 e. The Bertz CT molecular complexity index is 3650. The van der Waals surface area contributed by atoms with E-state index in [1.165, 1.54) is 5.69 Å². The van der Waals surface area contributed by atoms with Gasteiger partial charge in [0, 0.05) is 75.5 Å². The number of carboxylic acid groups (broad SMARTS) is 1. The predicted molar refractivity (Wildman–Crippen MR) is 395 cm³/mol. The Morgan fingerprint density at radius 3 is 1.64 bits per heavy atom. The van der Waals surface area contributed by atoms with Gasteiger partial charge in [0.25, 0.3) is 0 Å². The number of anilines is 3. The number of benzene rings is 2. The van der Waals surface area contributed by atoms with Gasteiger partial charge in [-0.25, -0.2) is 34.7 Å². The Hall–Kier alpha value is -7.77. The molecule has 5 heterocycles. The molecule has 0 saturated heterocycles. The van der Waals surface area contributed by atoms with Gasteiger partial charge in [0.1, 0.15) is 53.3 Å². The van der Waals surface area contributed by atoms with Gasteiger partial charge in [0.05, 0.1) is 73.4 Å². The summed E-state index contributed by atoms with van der Waals surface area (Å²) in [7, 11) is 7.14. The molecule has 2 aromatic carbocycles. The van der Waals surface area contributed by atoms with Gasteiger partial charge in [-0.1, -0.05) is 84.9 Å². The first kappa shape index (κ1) is 86.3. The molecule has 7 rings (SSSR count). The Morgan fingerprint density at radius 2 is 1.22 bits per heavy atom. The zero-order valence-corrected chi connectivity index (χ0v) is 62.7. The van der Waals surface area contributed by atoms with Crippen LogP contribution in [0.5, 0.6) is 0 Å². The number of fused-ring (bicyclic) bond motifs is 6. The third-order valence-electron chi connectivity index (χ3n) is 13.8. The molecule has 0 aliphatic heterocycles. The number of halogens is 2. The predicted octanol–water partition coefficient (Wildman–Crippen LogP) is 12.9. The topological polar surface area (TPSA) is 312 Å². The van der Waals surface area contributed by atoms with Crippen LogP contribution in [0.1, 0.15) is 150 Å². The molecule has 24 nitrogen and oxygen atoms in total. The number of nitrogen functional groups attached to an aromatic ring is 1. The lowest BCUT2D eigenvalue weighted by Crippen LogP contribution is -2.48. The molecule has 0 fully saturated rings. The maximum atomic E-state index is 13.4. The maximum absolute atomic E-state index is 13.4. The van der Waals surface area contributed by atoms with Crippen LogP contribution in [0.3, 0.4) is 0 Å². The van der Waals surface area contributed by atoms with Crippen LogP contribution >= 0.6 is 12.4 Å². The summed E-state index contributed by atoms with van der Waals surface area (Å²) in [5, 5.41) is 37.3.